The zero-order valence-electron chi connectivity index (χ0n) is 12.3. The van der Waals surface area contributed by atoms with Crippen LogP contribution in [0.1, 0.15) is 38.7 Å². The van der Waals surface area contributed by atoms with E-state index >= 15 is 0 Å². The highest BCUT2D eigenvalue weighted by Gasteiger charge is 2.22. The quantitative estimate of drug-likeness (QED) is 0.889. The molecule has 112 valence electrons. The fourth-order valence-electron chi connectivity index (χ4n) is 2.74. The van der Waals surface area contributed by atoms with Crippen LogP contribution in [0.25, 0.3) is 0 Å². The Bertz CT molecular complexity index is 436. The number of nitrogens with zero attached hydrogens (tertiary/aromatic N) is 1. The summed E-state index contributed by atoms with van der Waals surface area (Å²) < 4.78 is 13.5. The van der Waals surface area contributed by atoms with E-state index < -0.39 is 0 Å². The van der Waals surface area contributed by atoms with Crippen molar-refractivity contribution in [2.45, 2.75) is 51.7 Å². The topological polar surface area (TPSA) is 15.3 Å². The summed E-state index contributed by atoms with van der Waals surface area (Å²) >= 11 is 5.74. The predicted octanol–water partition coefficient (Wildman–Crippen LogP) is 3.83. The standard InChI is InChI=1S/C16H24ClFN2/c1-12(2)19-10-14-5-3-4-8-20(14)11-13-6-7-15(17)16(18)9-13/h6-7,9,12,14,19H,3-5,8,10-11H2,1-2H3. The largest absolute Gasteiger partial charge is 0.313 e. The minimum absolute atomic E-state index is 0.199. The molecule has 2 rings (SSSR count). The Morgan fingerprint density at radius 1 is 1.40 bits per heavy atom. The maximum atomic E-state index is 13.5. The number of hydrogen-bond donors (Lipinski definition) is 1. The maximum Gasteiger partial charge on any atom is 0.142 e. The number of halogens is 2. The highest BCUT2D eigenvalue weighted by molar-refractivity contribution is 6.30. The van der Waals surface area contributed by atoms with E-state index in [0.29, 0.717) is 12.1 Å². The zero-order chi connectivity index (χ0) is 14.5. The van der Waals surface area contributed by atoms with Gasteiger partial charge in [0.2, 0.25) is 0 Å². The number of nitrogens with one attached hydrogen (secondary N) is 1. The normalized spacial score (nSPS) is 20.6. The molecule has 20 heavy (non-hydrogen) atoms. The third-order valence-electron chi connectivity index (χ3n) is 3.88. The summed E-state index contributed by atoms with van der Waals surface area (Å²) in [5.41, 5.74) is 1.00. The minimum atomic E-state index is -0.321. The lowest BCUT2D eigenvalue weighted by atomic mass is 10.0. The molecular formula is C16H24ClFN2. The summed E-state index contributed by atoms with van der Waals surface area (Å²) in [7, 11) is 0. The van der Waals surface area contributed by atoms with E-state index in [1.807, 2.05) is 6.07 Å². The molecule has 1 aromatic carbocycles. The molecule has 1 atom stereocenters. The van der Waals surface area contributed by atoms with Gasteiger partial charge in [-0.1, -0.05) is 37.9 Å². The third-order valence-corrected chi connectivity index (χ3v) is 4.19. The molecule has 1 N–H and O–H groups in total. The van der Waals surface area contributed by atoms with Crippen LogP contribution in [0.15, 0.2) is 18.2 Å². The van der Waals surface area contributed by atoms with Crippen molar-refractivity contribution in [2.75, 3.05) is 13.1 Å². The first-order valence-electron chi connectivity index (χ1n) is 7.47. The van der Waals surface area contributed by atoms with Crippen LogP contribution in [-0.2, 0) is 6.54 Å². The Morgan fingerprint density at radius 2 is 2.20 bits per heavy atom. The molecule has 1 aromatic rings. The fourth-order valence-corrected chi connectivity index (χ4v) is 2.86. The van der Waals surface area contributed by atoms with E-state index in [2.05, 4.69) is 24.1 Å². The molecule has 0 bridgehead atoms. The van der Waals surface area contributed by atoms with Gasteiger partial charge in [-0.2, -0.15) is 0 Å². The minimum Gasteiger partial charge on any atom is -0.313 e. The van der Waals surface area contributed by atoms with Crippen LogP contribution in [0.2, 0.25) is 5.02 Å². The van der Waals surface area contributed by atoms with E-state index in [0.717, 1.165) is 25.2 Å². The lowest BCUT2D eigenvalue weighted by molar-refractivity contribution is 0.135. The van der Waals surface area contributed by atoms with E-state index in [1.165, 1.54) is 19.3 Å². The SMILES string of the molecule is CC(C)NCC1CCCCN1Cc1ccc(Cl)c(F)c1. The summed E-state index contributed by atoms with van der Waals surface area (Å²) in [6.07, 6.45) is 3.74. The lowest BCUT2D eigenvalue weighted by Gasteiger charge is -2.36. The molecule has 1 fully saturated rings. The summed E-state index contributed by atoms with van der Waals surface area (Å²) in [5, 5.41) is 3.71. The number of rotatable bonds is 5. The highest BCUT2D eigenvalue weighted by atomic mass is 35.5. The third kappa shape index (κ3) is 4.44. The van der Waals surface area contributed by atoms with Gasteiger partial charge in [0.1, 0.15) is 5.82 Å². The number of benzene rings is 1. The van der Waals surface area contributed by atoms with Gasteiger partial charge in [0.25, 0.3) is 0 Å². The van der Waals surface area contributed by atoms with E-state index in [4.69, 9.17) is 11.6 Å². The number of likely N-dealkylation sites (tertiary alicyclic amines) is 1. The van der Waals surface area contributed by atoms with Gasteiger partial charge in [0, 0.05) is 25.2 Å². The Balaban J connectivity index is 1.98. The van der Waals surface area contributed by atoms with Crippen molar-refractivity contribution in [1.82, 2.24) is 10.2 Å². The average molecular weight is 299 g/mol. The second-order valence-electron chi connectivity index (χ2n) is 5.93. The molecule has 0 aliphatic carbocycles. The van der Waals surface area contributed by atoms with Crippen molar-refractivity contribution < 1.29 is 4.39 Å². The summed E-state index contributed by atoms with van der Waals surface area (Å²) in [5.74, 6) is -0.321. The molecule has 1 aliphatic heterocycles. The average Bonchev–Trinajstić information content (AvgIpc) is 2.42. The Hall–Kier alpha value is -0.640. The van der Waals surface area contributed by atoms with Crippen LogP contribution < -0.4 is 5.32 Å². The van der Waals surface area contributed by atoms with E-state index in [-0.39, 0.29) is 10.8 Å². The van der Waals surface area contributed by atoms with Gasteiger partial charge in [0.05, 0.1) is 5.02 Å². The Morgan fingerprint density at radius 3 is 2.90 bits per heavy atom. The van der Waals surface area contributed by atoms with Crippen molar-refractivity contribution >= 4 is 11.6 Å². The van der Waals surface area contributed by atoms with Gasteiger partial charge in [-0.05, 0) is 37.1 Å². The highest BCUT2D eigenvalue weighted by Crippen LogP contribution is 2.21. The van der Waals surface area contributed by atoms with Crippen molar-refractivity contribution in [3.05, 3.63) is 34.6 Å². The second kappa shape index (κ2) is 7.39. The monoisotopic (exact) mass is 298 g/mol. The molecule has 1 heterocycles. The molecular weight excluding hydrogens is 275 g/mol. The first kappa shape index (κ1) is 15.7. The van der Waals surface area contributed by atoms with Gasteiger partial charge in [0.15, 0.2) is 0 Å². The maximum absolute atomic E-state index is 13.5. The van der Waals surface area contributed by atoms with Crippen LogP contribution >= 0.6 is 11.6 Å². The van der Waals surface area contributed by atoms with Crippen LogP contribution in [0.5, 0.6) is 0 Å². The Kier molecular flexibility index (Phi) is 5.82. The first-order chi connectivity index (χ1) is 9.56. The smallest absolute Gasteiger partial charge is 0.142 e. The van der Waals surface area contributed by atoms with Crippen LogP contribution in [0.3, 0.4) is 0 Å². The van der Waals surface area contributed by atoms with E-state index in [9.17, 15) is 4.39 Å². The summed E-state index contributed by atoms with van der Waals surface area (Å²) in [6, 6.07) is 6.19. The first-order valence-corrected chi connectivity index (χ1v) is 7.85. The molecule has 0 saturated carbocycles. The summed E-state index contributed by atoms with van der Waals surface area (Å²) in [6.45, 7) is 7.24. The molecule has 0 spiro atoms. The Labute approximate surface area is 126 Å². The molecule has 0 aromatic heterocycles. The van der Waals surface area contributed by atoms with Crippen molar-refractivity contribution in [2.24, 2.45) is 0 Å². The van der Waals surface area contributed by atoms with Crippen molar-refractivity contribution in [1.29, 1.82) is 0 Å². The van der Waals surface area contributed by atoms with Gasteiger partial charge < -0.3 is 5.32 Å². The molecule has 1 saturated heterocycles. The summed E-state index contributed by atoms with van der Waals surface area (Å²) in [4.78, 5) is 2.46. The molecule has 1 unspecified atom stereocenters. The zero-order valence-corrected chi connectivity index (χ0v) is 13.1. The number of hydrogen-bond acceptors (Lipinski definition) is 2. The predicted molar refractivity (Wildman–Crippen MR) is 82.6 cm³/mol. The molecule has 0 radical (unpaired) electrons. The molecule has 2 nitrogen and oxygen atoms in total. The van der Waals surface area contributed by atoms with Crippen LogP contribution in [-0.4, -0.2) is 30.1 Å². The molecule has 0 amide bonds. The van der Waals surface area contributed by atoms with Gasteiger partial charge in [-0.15, -0.1) is 0 Å². The van der Waals surface area contributed by atoms with Gasteiger partial charge in [-0.25, -0.2) is 4.39 Å². The molecule has 1 aliphatic rings. The van der Waals surface area contributed by atoms with Crippen molar-refractivity contribution in [3.63, 3.8) is 0 Å². The fraction of sp³-hybridized carbons (Fsp3) is 0.625. The lowest BCUT2D eigenvalue weighted by Crippen LogP contribution is -2.46. The van der Waals surface area contributed by atoms with Gasteiger partial charge in [-0.3, -0.25) is 4.90 Å². The van der Waals surface area contributed by atoms with Gasteiger partial charge >= 0.3 is 0 Å². The van der Waals surface area contributed by atoms with Crippen LogP contribution in [0.4, 0.5) is 4.39 Å². The second-order valence-corrected chi connectivity index (χ2v) is 6.34. The molecule has 4 heteroatoms. The van der Waals surface area contributed by atoms with Crippen molar-refractivity contribution in [3.8, 4) is 0 Å². The number of piperidine rings is 1. The van der Waals surface area contributed by atoms with Crippen LogP contribution in [0, 0.1) is 5.82 Å². The van der Waals surface area contributed by atoms with E-state index in [1.54, 1.807) is 12.1 Å².